The predicted molar refractivity (Wildman–Crippen MR) is 74.7 cm³/mol. The molecule has 1 heterocycles. The van der Waals surface area contributed by atoms with Gasteiger partial charge in [-0.25, -0.2) is 14.4 Å². The molecule has 0 bridgehead atoms. The van der Waals surface area contributed by atoms with Gasteiger partial charge in [0.25, 0.3) is 0 Å². The van der Waals surface area contributed by atoms with Crippen LogP contribution in [0.5, 0.6) is 0 Å². The van der Waals surface area contributed by atoms with E-state index in [0.29, 0.717) is 12.4 Å². The number of aryl methyl sites for hydroxylation is 1. The first-order valence-corrected chi connectivity index (χ1v) is 6.39. The van der Waals surface area contributed by atoms with E-state index in [1.807, 2.05) is 6.92 Å². The van der Waals surface area contributed by atoms with Gasteiger partial charge in [0.1, 0.15) is 5.82 Å². The molecule has 1 atom stereocenters. The molecule has 1 aromatic heterocycles. The topological polar surface area (TPSA) is 54.9 Å². The maximum atomic E-state index is 13.1. The number of carbonyl (C=O) groups excluding carboxylic acids is 1. The van der Waals surface area contributed by atoms with Crippen LogP contribution in [0.3, 0.4) is 0 Å². The molecule has 1 N–H and O–H groups in total. The first-order valence-electron chi connectivity index (χ1n) is 6.39. The summed E-state index contributed by atoms with van der Waals surface area (Å²) in [6.07, 6.45) is 2.06. The molecule has 0 saturated carbocycles. The van der Waals surface area contributed by atoms with Crippen molar-refractivity contribution in [3.05, 3.63) is 53.6 Å². The van der Waals surface area contributed by atoms with Gasteiger partial charge in [-0.2, -0.15) is 0 Å². The van der Waals surface area contributed by atoms with Crippen molar-refractivity contribution < 1.29 is 9.18 Å². The smallest absolute Gasteiger partial charge is 0.229 e. The van der Waals surface area contributed by atoms with E-state index in [4.69, 9.17) is 0 Å². The number of anilines is 1. The van der Waals surface area contributed by atoms with Crippen LogP contribution in [0.1, 0.15) is 18.2 Å². The van der Waals surface area contributed by atoms with Crippen molar-refractivity contribution in [3.63, 3.8) is 0 Å². The molecule has 20 heavy (non-hydrogen) atoms. The summed E-state index contributed by atoms with van der Waals surface area (Å²) in [7, 11) is 0. The minimum Gasteiger partial charge on any atom is -0.294 e. The molecule has 0 aliphatic carbocycles. The van der Waals surface area contributed by atoms with Crippen molar-refractivity contribution >= 4 is 11.9 Å². The van der Waals surface area contributed by atoms with Gasteiger partial charge in [0.15, 0.2) is 0 Å². The highest BCUT2D eigenvalue weighted by Gasteiger charge is 2.15. The van der Waals surface area contributed by atoms with Crippen molar-refractivity contribution in [2.24, 2.45) is 5.92 Å². The summed E-state index contributed by atoms with van der Waals surface area (Å²) in [6.45, 7) is 3.61. The highest BCUT2D eigenvalue weighted by molar-refractivity contribution is 5.90. The largest absolute Gasteiger partial charge is 0.294 e. The molecule has 0 fully saturated rings. The third-order valence-electron chi connectivity index (χ3n) is 2.91. The predicted octanol–water partition coefficient (Wildman–Crippen LogP) is 2.74. The summed E-state index contributed by atoms with van der Waals surface area (Å²) in [5.41, 5.74) is 1.57. The molecule has 0 aliphatic heterocycles. The standard InChI is InChI=1S/C15H16FN3O/c1-10(8-12-4-3-5-13(16)9-12)14(20)19-15-17-7-6-11(2)18-15/h3-7,9-10H,8H2,1-2H3,(H,17,18,19,20)/t10-/m0/s1. The number of nitrogens with one attached hydrogen (secondary N) is 1. The second kappa shape index (κ2) is 6.23. The fraction of sp³-hybridized carbons (Fsp3) is 0.267. The summed E-state index contributed by atoms with van der Waals surface area (Å²) in [4.78, 5) is 20.1. The Morgan fingerprint density at radius 2 is 2.20 bits per heavy atom. The molecule has 0 aliphatic rings. The van der Waals surface area contributed by atoms with Crippen molar-refractivity contribution in [1.29, 1.82) is 0 Å². The lowest BCUT2D eigenvalue weighted by atomic mass is 10.0. The van der Waals surface area contributed by atoms with Crippen LogP contribution in [0.15, 0.2) is 36.5 Å². The van der Waals surface area contributed by atoms with Crippen LogP contribution in [0, 0.1) is 18.7 Å². The number of hydrogen-bond acceptors (Lipinski definition) is 3. The van der Waals surface area contributed by atoms with Crippen molar-refractivity contribution in [2.45, 2.75) is 20.3 Å². The molecule has 1 amide bonds. The minimum atomic E-state index is -0.294. The SMILES string of the molecule is Cc1ccnc(NC(=O)[C@@H](C)Cc2cccc(F)c2)n1. The summed E-state index contributed by atoms with van der Waals surface area (Å²) in [6, 6.07) is 8.02. The highest BCUT2D eigenvalue weighted by atomic mass is 19.1. The molecule has 0 unspecified atom stereocenters. The van der Waals surface area contributed by atoms with Crippen LogP contribution in [0.2, 0.25) is 0 Å². The van der Waals surface area contributed by atoms with Gasteiger partial charge in [0.2, 0.25) is 11.9 Å². The van der Waals surface area contributed by atoms with Gasteiger partial charge in [-0.1, -0.05) is 19.1 Å². The Morgan fingerprint density at radius 3 is 2.90 bits per heavy atom. The Bertz CT molecular complexity index is 616. The second-order valence-electron chi connectivity index (χ2n) is 4.75. The van der Waals surface area contributed by atoms with Gasteiger partial charge in [-0.15, -0.1) is 0 Å². The quantitative estimate of drug-likeness (QED) is 0.932. The van der Waals surface area contributed by atoms with Crippen LogP contribution in [-0.2, 0) is 11.2 Å². The number of carbonyl (C=O) groups is 1. The number of halogens is 1. The second-order valence-corrected chi connectivity index (χ2v) is 4.75. The third kappa shape index (κ3) is 3.85. The molecule has 1 aromatic carbocycles. The molecule has 0 saturated heterocycles. The van der Waals surface area contributed by atoms with Crippen LogP contribution in [0.25, 0.3) is 0 Å². The van der Waals surface area contributed by atoms with E-state index < -0.39 is 0 Å². The highest BCUT2D eigenvalue weighted by Crippen LogP contribution is 2.12. The molecule has 5 heteroatoms. The van der Waals surface area contributed by atoms with Crippen LogP contribution < -0.4 is 5.32 Å². The average molecular weight is 273 g/mol. The number of nitrogens with zero attached hydrogens (tertiary/aromatic N) is 2. The number of amides is 1. The van der Waals surface area contributed by atoms with E-state index in [0.717, 1.165) is 11.3 Å². The van der Waals surface area contributed by atoms with Crippen molar-refractivity contribution in [1.82, 2.24) is 9.97 Å². The lowest BCUT2D eigenvalue weighted by Crippen LogP contribution is -2.23. The van der Waals surface area contributed by atoms with E-state index in [1.54, 1.807) is 31.3 Å². The molecule has 2 rings (SSSR count). The molecule has 104 valence electrons. The zero-order valence-corrected chi connectivity index (χ0v) is 11.4. The van der Waals surface area contributed by atoms with Crippen molar-refractivity contribution in [3.8, 4) is 0 Å². The van der Waals surface area contributed by atoms with Gasteiger partial charge in [0, 0.05) is 17.8 Å². The molecule has 0 spiro atoms. The first kappa shape index (κ1) is 14.1. The molecule has 0 radical (unpaired) electrons. The zero-order chi connectivity index (χ0) is 14.5. The first-order chi connectivity index (χ1) is 9.54. The Kier molecular flexibility index (Phi) is 4.40. The van der Waals surface area contributed by atoms with Crippen LogP contribution >= 0.6 is 0 Å². The number of benzene rings is 1. The van der Waals surface area contributed by atoms with Gasteiger partial charge in [-0.3, -0.25) is 10.1 Å². The van der Waals surface area contributed by atoms with E-state index in [9.17, 15) is 9.18 Å². The lowest BCUT2D eigenvalue weighted by molar-refractivity contribution is -0.119. The van der Waals surface area contributed by atoms with Crippen LogP contribution in [0.4, 0.5) is 10.3 Å². The number of rotatable bonds is 4. The fourth-order valence-electron chi connectivity index (χ4n) is 1.85. The van der Waals surface area contributed by atoms with Gasteiger partial charge >= 0.3 is 0 Å². The third-order valence-corrected chi connectivity index (χ3v) is 2.91. The number of hydrogen-bond donors (Lipinski definition) is 1. The monoisotopic (exact) mass is 273 g/mol. The van der Waals surface area contributed by atoms with E-state index >= 15 is 0 Å². The van der Waals surface area contributed by atoms with E-state index in [-0.39, 0.29) is 17.6 Å². The molecular formula is C15H16FN3O. The number of aromatic nitrogens is 2. The summed E-state index contributed by atoms with van der Waals surface area (Å²) >= 11 is 0. The maximum Gasteiger partial charge on any atom is 0.229 e. The summed E-state index contributed by atoms with van der Waals surface area (Å²) in [5.74, 6) is -0.473. The lowest BCUT2D eigenvalue weighted by Gasteiger charge is -2.11. The fourth-order valence-corrected chi connectivity index (χ4v) is 1.85. The molecular weight excluding hydrogens is 257 g/mol. The minimum absolute atomic E-state index is 0.181. The Balaban J connectivity index is 1.98. The Morgan fingerprint density at radius 1 is 1.40 bits per heavy atom. The molecule has 2 aromatic rings. The summed E-state index contributed by atoms with van der Waals surface area (Å²) in [5, 5.41) is 2.66. The van der Waals surface area contributed by atoms with Gasteiger partial charge in [0.05, 0.1) is 0 Å². The van der Waals surface area contributed by atoms with E-state index in [2.05, 4.69) is 15.3 Å². The Hall–Kier alpha value is -2.30. The van der Waals surface area contributed by atoms with Crippen molar-refractivity contribution in [2.75, 3.05) is 5.32 Å². The van der Waals surface area contributed by atoms with Gasteiger partial charge < -0.3 is 0 Å². The molecule has 4 nitrogen and oxygen atoms in total. The Labute approximate surface area is 117 Å². The summed E-state index contributed by atoms with van der Waals surface area (Å²) < 4.78 is 13.1. The van der Waals surface area contributed by atoms with Crippen LogP contribution in [-0.4, -0.2) is 15.9 Å². The average Bonchev–Trinajstić information content (AvgIpc) is 2.38. The maximum absolute atomic E-state index is 13.1. The van der Waals surface area contributed by atoms with E-state index in [1.165, 1.54) is 12.1 Å². The van der Waals surface area contributed by atoms with Gasteiger partial charge in [-0.05, 0) is 37.1 Å². The zero-order valence-electron chi connectivity index (χ0n) is 11.4. The normalized spacial score (nSPS) is 11.9.